The fourth-order valence-electron chi connectivity index (χ4n) is 0.659. The smallest absolute Gasteiger partial charge is 0.0925 e. The molecule has 0 saturated carbocycles. The Balaban J connectivity index is 2.68. The summed E-state index contributed by atoms with van der Waals surface area (Å²) in [4.78, 5) is 0. The molecule has 1 rings (SSSR count). The second-order valence-electron chi connectivity index (χ2n) is 2.60. The third-order valence-corrected chi connectivity index (χ3v) is 1.96. The van der Waals surface area contributed by atoms with Gasteiger partial charge in [0.05, 0.1) is 11.7 Å². The Hall–Kier alpha value is -0.480. The lowest BCUT2D eigenvalue weighted by Gasteiger charge is -2.10. The van der Waals surface area contributed by atoms with Gasteiger partial charge in [-0.05, 0) is 17.5 Å². The first-order valence-electron chi connectivity index (χ1n) is 3.24. The molecule has 1 aromatic heterocycles. The highest BCUT2D eigenvalue weighted by molar-refractivity contribution is 7.03. The Morgan fingerprint density at radius 2 is 2.30 bits per heavy atom. The summed E-state index contributed by atoms with van der Waals surface area (Å²) in [5.41, 5.74) is 6.69. The summed E-state index contributed by atoms with van der Waals surface area (Å²) in [6.45, 7) is 4.15. The molecule has 0 aliphatic rings. The first kappa shape index (κ1) is 7.63. The van der Waals surface area contributed by atoms with E-state index in [0.29, 0.717) is 5.92 Å². The molecule has 56 valence electrons. The van der Waals surface area contributed by atoms with Gasteiger partial charge in [-0.2, -0.15) is 0 Å². The summed E-state index contributed by atoms with van der Waals surface area (Å²) in [7, 11) is 0. The molecule has 0 amide bonds. The molecule has 0 aliphatic heterocycles. The van der Waals surface area contributed by atoms with Crippen LogP contribution in [0, 0.1) is 5.92 Å². The molecule has 0 aromatic carbocycles. The van der Waals surface area contributed by atoms with Gasteiger partial charge in [0.25, 0.3) is 0 Å². The van der Waals surface area contributed by atoms with Crippen LogP contribution in [0.3, 0.4) is 0 Å². The molecule has 1 unspecified atom stereocenters. The quantitative estimate of drug-likeness (QED) is 0.701. The molecular formula is C6H11N3S. The van der Waals surface area contributed by atoms with Crippen molar-refractivity contribution in [3.05, 3.63) is 11.1 Å². The van der Waals surface area contributed by atoms with Crippen molar-refractivity contribution in [2.45, 2.75) is 19.9 Å². The van der Waals surface area contributed by atoms with Crippen LogP contribution >= 0.6 is 11.5 Å². The Kier molecular flexibility index (Phi) is 2.34. The highest BCUT2D eigenvalue weighted by Gasteiger charge is 2.11. The van der Waals surface area contributed by atoms with Crippen molar-refractivity contribution in [3.8, 4) is 0 Å². The Morgan fingerprint density at radius 3 is 2.70 bits per heavy atom. The molecule has 1 heterocycles. The van der Waals surface area contributed by atoms with E-state index in [0.717, 1.165) is 5.69 Å². The lowest BCUT2D eigenvalue weighted by atomic mass is 10.0. The molecule has 1 atom stereocenters. The maximum Gasteiger partial charge on any atom is 0.0925 e. The number of nitrogens with two attached hydrogens (primary N) is 1. The number of aromatic nitrogens is 2. The van der Waals surface area contributed by atoms with Crippen molar-refractivity contribution in [3.63, 3.8) is 0 Å². The van der Waals surface area contributed by atoms with Crippen LogP contribution < -0.4 is 5.73 Å². The summed E-state index contributed by atoms with van der Waals surface area (Å²) in [5, 5.41) is 5.77. The van der Waals surface area contributed by atoms with Gasteiger partial charge >= 0.3 is 0 Å². The summed E-state index contributed by atoms with van der Waals surface area (Å²) in [6, 6.07) is 0.0405. The molecule has 0 aliphatic carbocycles. The molecule has 1 aromatic rings. The summed E-state index contributed by atoms with van der Waals surface area (Å²) < 4.78 is 3.74. The van der Waals surface area contributed by atoms with Crippen molar-refractivity contribution >= 4 is 11.5 Å². The Labute approximate surface area is 64.4 Å². The Morgan fingerprint density at radius 1 is 1.60 bits per heavy atom. The topological polar surface area (TPSA) is 51.8 Å². The molecule has 0 spiro atoms. The fourth-order valence-corrected chi connectivity index (χ4v) is 1.16. The van der Waals surface area contributed by atoms with Gasteiger partial charge in [0, 0.05) is 5.38 Å². The van der Waals surface area contributed by atoms with Gasteiger partial charge in [0.1, 0.15) is 0 Å². The van der Waals surface area contributed by atoms with Crippen LogP contribution in [0.15, 0.2) is 5.38 Å². The molecule has 4 heteroatoms. The molecule has 0 radical (unpaired) electrons. The average Bonchev–Trinajstić information content (AvgIpc) is 2.36. The monoisotopic (exact) mass is 157 g/mol. The summed E-state index contributed by atoms with van der Waals surface area (Å²) >= 11 is 1.34. The zero-order chi connectivity index (χ0) is 7.56. The lowest BCUT2D eigenvalue weighted by Crippen LogP contribution is -2.16. The van der Waals surface area contributed by atoms with Crippen LogP contribution in [0.2, 0.25) is 0 Å². The van der Waals surface area contributed by atoms with Crippen LogP contribution in [-0.4, -0.2) is 9.59 Å². The Bertz CT molecular complexity index is 183. The number of rotatable bonds is 2. The van der Waals surface area contributed by atoms with Gasteiger partial charge in [-0.25, -0.2) is 0 Å². The van der Waals surface area contributed by atoms with Crippen LogP contribution in [0.4, 0.5) is 0 Å². The van der Waals surface area contributed by atoms with Crippen LogP contribution in [0.25, 0.3) is 0 Å². The van der Waals surface area contributed by atoms with Crippen molar-refractivity contribution in [1.82, 2.24) is 9.59 Å². The van der Waals surface area contributed by atoms with Crippen LogP contribution in [-0.2, 0) is 0 Å². The number of nitrogens with zero attached hydrogens (tertiary/aromatic N) is 2. The first-order valence-corrected chi connectivity index (χ1v) is 4.08. The minimum absolute atomic E-state index is 0.0405. The van der Waals surface area contributed by atoms with E-state index in [1.54, 1.807) is 0 Å². The van der Waals surface area contributed by atoms with Crippen LogP contribution in [0.1, 0.15) is 25.6 Å². The third kappa shape index (κ3) is 1.52. The maximum absolute atomic E-state index is 5.79. The lowest BCUT2D eigenvalue weighted by molar-refractivity contribution is 0.502. The second-order valence-corrected chi connectivity index (χ2v) is 3.21. The minimum atomic E-state index is 0.0405. The predicted octanol–water partition coefficient (Wildman–Crippen LogP) is 1.19. The minimum Gasteiger partial charge on any atom is -0.322 e. The van der Waals surface area contributed by atoms with Gasteiger partial charge in [0.15, 0.2) is 0 Å². The highest BCUT2D eigenvalue weighted by atomic mass is 32.1. The molecule has 2 N–H and O–H groups in total. The standard InChI is InChI=1S/C6H11N3S/c1-4(2)6(7)5-3-10-9-8-5/h3-4,6H,7H2,1-2H3. The normalized spacial score (nSPS) is 14.0. The van der Waals surface area contributed by atoms with Crippen molar-refractivity contribution in [1.29, 1.82) is 0 Å². The zero-order valence-electron chi connectivity index (χ0n) is 6.11. The fraction of sp³-hybridized carbons (Fsp3) is 0.667. The van der Waals surface area contributed by atoms with Gasteiger partial charge in [-0.3, -0.25) is 0 Å². The van der Waals surface area contributed by atoms with E-state index in [4.69, 9.17) is 5.73 Å². The third-order valence-electron chi connectivity index (χ3n) is 1.44. The second kappa shape index (κ2) is 3.07. The molecule has 10 heavy (non-hydrogen) atoms. The summed E-state index contributed by atoms with van der Waals surface area (Å²) in [5.74, 6) is 0.434. The predicted molar refractivity (Wildman–Crippen MR) is 41.7 cm³/mol. The highest BCUT2D eigenvalue weighted by Crippen LogP contribution is 2.16. The SMILES string of the molecule is CC(C)C(N)c1csnn1. The summed E-state index contributed by atoms with van der Waals surface area (Å²) in [6.07, 6.45) is 0. The van der Waals surface area contributed by atoms with E-state index in [1.165, 1.54) is 11.5 Å². The van der Waals surface area contributed by atoms with E-state index in [-0.39, 0.29) is 6.04 Å². The van der Waals surface area contributed by atoms with E-state index in [1.807, 2.05) is 5.38 Å². The molecule has 0 saturated heterocycles. The van der Waals surface area contributed by atoms with E-state index in [2.05, 4.69) is 23.4 Å². The van der Waals surface area contributed by atoms with Gasteiger partial charge in [0.2, 0.25) is 0 Å². The van der Waals surface area contributed by atoms with Gasteiger partial charge in [-0.1, -0.05) is 18.3 Å². The number of hydrogen-bond donors (Lipinski definition) is 1. The molecule has 3 nitrogen and oxygen atoms in total. The largest absolute Gasteiger partial charge is 0.322 e. The van der Waals surface area contributed by atoms with Crippen molar-refractivity contribution < 1.29 is 0 Å². The van der Waals surface area contributed by atoms with Gasteiger partial charge in [-0.15, -0.1) is 5.10 Å². The molecule has 0 fully saturated rings. The zero-order valence-corrected chi connectivity index (χ0v) is 6.93. The van der Waals surface area contributed by atoms with Crippen molar-refractivity contribution in [2.75, 3.05) is 0 Å². The van der Waals surface area contributed by atoms with E-state index in [9.17, 15) is 0 Å². The molecule has 0 bridgehead atoms. The van der Waals surface area contributed by atoms with Gasteiger partial charge < -0.3 is 5.73 Å². The van der Waals surface area contributed by atoms with Crippen molar-refractivity contribution in [2.24, 2.45) is 11.7 Å². The van der Waals surface area contributed by atoms with Crippen LogP contribution in [0.5, 0.6) is 0 Å². The number of hydrogen-bond acceptors (Lipinski definition) is 4. The first-order chi connectivity index (χ1) is 4.72. The average molecular weight is 157 g/mol. The maximum atomic E-state index is 5.79. The van der Waals surface area contributed by atoms with E-state index >= 15 is 0 Å². The molecular weight excluding hydrogens is 146 g/mol. The van der Waals surface area contributed by atoms with E-state index < -0.39 is 0 Å².